The summed E-state index contributed by atoms with van der Waals surface area (Å²) in [6, 6.07) is 0. The second-order valence-electron chi connectivity index (χ2n) is 8.75. The highest BCUT2D eigenvalue weighted by molar-refractivity contribution is 5.88. The summed E-state index contributed by atoms with van der Waals surface area (Å²) in [7, 11) is 0. The quantitative estimate of drug-likeness (QED) is 0.431. The third kappa shape index (κ3) is 8.33. The van der Waals surface area contributed by atoms with Crippen molar-refractivity contribution in [1.29, 1.82) is 0 Å². The van der Waals surface area contributed by atoms with Gasteiger partial charge >= 0.3 is 17.7 Å². The van der Waals surface area contributed by atoms with Gasteiger partial charge in [-0.1, -0.05) is 41.5 Å². The molecule has 0 aromatic heterocycles. The number of ether oxygens (including phenoxy) is 3. The molecule has 1 aliphatic rings. The van der Waals surface area contributed by atoms with Gasteiger partial charge in [-0.3, -0.25) is 4.79 Å². The molecule has 6 heteroatoms. The van der Waals surface area contributed by atoms with Gasteiger partial charge in [-0.15, -0.1) is 0 Å². The molecule has 0 saturated carbocycles. The van der Waals surface area contributed by atoms with E-state index >= 15 is 0 Å². The zero-order chi connectivity index (χ0) is 20.6. The van der Waals surface area contributed by atoms with Crippen molar-refractivity contribution in [3.63, 3.8) is 0 Å². The highest BCUT2D eigenvalue weighted by Crippen LogP contribution is 2.30. The Balaban J connectivity index is 2.72. The maximum atomic E-state index is 12.2. The van der Waals surface area contributed by atoms with Crippen molar-refractivity contribution in [2.24, 2.45) is 23.7 Å². The Morgan fingerprint density at radius 2 is 1.67 bits per heavy atom. The molecular formula is C21H36O6. The van der Waals surface area contributed by atoms with Crippen LogP contribution in [0.1, 0.15) is 67.2 Å². The first-order chi connectivity index (χ1) is 12.6. The molecule has 0 radical (unpaired) electrons. The van der Waals surface area contributed by atoms with E-state index in [1.165, 1.54) is 0 Å². The molecule has 6 nitrogen and oxygen atoms in total. The van der Waals surface area contributed by atoms with Crippen molar-refractivity contribution in [1.82, 2.24) is 0 Å². The predicted octanol–water partition coefficient (Wildman–Crippen LogP) is 3.82. The van der Waals surface area contributed by atoms with E-state index < -0.39 is 24.3 Å². The molecule has 1 fully saturated rings. The molecule has 0 aliphatic carbocycles. The maximum absolute atomic E-state index is 12.2. The Morgan fingerprint density at radius 1 is 1.07 bits per heavy atom. The lowest BCUT2D eigenvalue weighted by molar-refractivity contribution is -0.211. The summed E-state index contributed by atoms with van der Waals surface area (Å²) < 4.78 is 15.9. The molecule has 1 heterocycles. The Labute approximate surface area is 163 Å². The number of allylic oxidation sites excluding steroid dienone is 1. The minimum Gasteiger partial charge on any atom is -0.457 e. The lowest BCUT2D eigenvalue weighted by Gasteiger charge is -2.23. The normalized spacial score (nSPS) is 21.4. The van der Waals surface area contributed by atoms with Crippen LogP contribution < -0.4 is 0 Å². The summed E-state index contributed by atoms with van der Waals surface area (Å²) in [5, 5.41) is 9.64. The number of carbonyl (C=O) groups excluding carboxylic acids is 2. The molecule has 1 saturated heterocycles. The van der Waals surface area contributed by atoms with Gasteiger partial charge in [0, 0.05) is 6.42 Å². The second kappa shape index (κ2) is 10.7. The number of hydrogen-bond donors (Lipinski definition) is 1. The lowest BCUT2D eigenvalue weighted by Crippen LogP contribution is -2.41. The third-order valence-electron chi connectivity index (χ3n) is 4.29. The molecular weight excluding hydrogens is 348 g/mol. The molecule has 1 aliphatic heterocycles. The van der Waals surface area contributed by atoms with Crippen LogP contribution in [0.2, 0.25) is 0 Å². The van der Waals surface area contributed by atoms with Crippen LogP contribution in [0.3, 0.4) is 0 Å². The molecule has 1 rings (SSSR count). The predicted molar refractivity (Wildman–Crippen MR) is 103 cm³/mol. The van der Waals surface area contributed by atoms with E-state index in [2.05, 4.69) is 27.7 Å². The summed E-state index contributed by atoms with van der Waals surface area (Å²) in [4.78, 5) is 23.9. The summed E-state index contributed by atoms with van der Waals surface area (Å²) in [5.41, 5.74) is 0. The number of rotatable bonds is 11. The van der Waals surface area contributed by atoms with Gasteiger partial charge in [0.15, 0.2) is 6.61 Å². The van der Waals surface area contributed by atoms with E-state index in [1.807, 2.05) is 13.8 Å². The van der Waals surface area contributed by atoms with Crippen LogP contribution in [0.15, 0.2) is 11.8 Å². The number of carbonyl (C=O) groups is 2. The standard InChI is InChI=1S/C21H36O6/c1-14(2)9-17(10-15(3)4)7-8-18-20(24)27-21(12-22,26-18)13-25-19(23)11-16(5)6/h8,14-17,22H,7,9-13H2,1-6H3/b18-8+. The van der Waals surface area contributed by atoms with E-state index in [-0.39, 0.29) is 24.7 Å². The minimum atomic E-state index is -1.64. The fourth-order valence-corrected chi connectivity index (χ4v) is 3.25. The van der Waals surface area contributed by atoms with Gasteiger partial charge in [0.25, 0.3) is 0 Å². The van der Waals surface area contributed by atoms with Gasteiger partial charge in [-0.25, -0.2) is 4.79 Å². The number of hydrogen-bond acceptors (Lipinski definition) is 6. The first-order valence-corrected chi connectivity index (χ1v) is 9.95. The average Bonchev–Trinajstić information content (AvgIpc) is 2.86. The van der Waals surface area contributed by atoms with Crippen molar-refractivity contribution >= 4 is 11.9 Å². The zero-order valence-electron chi connectivity index (χ0n) is 17.6. The van der Waals surface area contributed by atoms with Crippen LogP contribution in [-0.4, -0.2) is 36.0 Å². The summed E-state index contributed by atoms with van der Waals surface area (Å²) in [6.45, 7) is 11.6. The second-order valence-corrected chi connectivity index (χ2v) is 8.75. The first-order valence-electron chi connectivity index (χ1n) is 9.95. The SMILES string of the molecule is CC(C)CC(=O)OCC1(CO)OC(=O)/C(=C\CC(CC(C)C)CC(C)C)O1. The molecule has 156 valence electrons. The number of aliphatic hydroxyl groups is 1. The Kier molecular flexibility index (Phi) is 9.30. The van der Waals surface area contributed by atoms with E-state index in [4.69, 9.17) is 14.2 Å². The first kappa shape index (κ1) is 23.5. The largest absolute Gasteiger partial charge is 0.457 e. The molecule has 0 aromatic rings. The van der Waals surface area contributed by atoms with Gasteiger partial charge in [0.05, 0.1) is 0 Å². The fraction of sp³-hybridized carbons (Fsp3) is 0.810. The van der Waals surface area contributed by atoms with Gasteiger partial charge in [0.2, 0.25) is 5.76 Å². The van der Waals surface area contributed by atoms with Crippen molar-refractivity contribution in [3.05, 3.63) is 11.8 Å². The summed E-state index contributed by atoms with van der Waals surface area (Å²) >= 11 is 0. The van der Waals surface area contributed by atoms with E-state index in [0.717, 1.165) is 12.8 Å². The van der Waals surface area contributed by atoms with Crippen LogP contribution in [0, 0.1) is 23.7 Å². The van der Waals surface area contributed by atoms with Gasteiger partial charge in [0.1, 0.15) is 6.61 Å². The average molecular weight is 385 g/mol. The molecule has 1 N–H and O–H groups in total. The van der Waals surface area contributed by atoms with Crippen molar-refractivity contribution in [3.8, 4) is 0 Å². The van der Waals surface area contributed by atoms with Crippen molar-refractivity contribution in [2.75, 3.05) is 13.2 Å². The highest BCUT2D eigenvalue weighted by Gasteiger charge is 2.47. The van der Waals surface area contributed by atoms with Crippen LogP contribution in [-0.2, 0) is 23.8 Å². The van der Waals surface area contributed by atoms with Crippen molar-refractivity contribution < 1.29 is 28.9 Å². The lowest BCUT2D eigenvalue weighted by atomic mass is 9.87. The monoisotopic (exact) mass is 384 g/mol. The Hall–Kier alpha value is -1.56. The molecule has 27 heavy (non-hydrogen) atoms. The zero-order valence-corrected chi connectivity index (χ0v) is 17.6. The molecule has 1 unspecified atom stereocenters. The molecule has 0 bridgehead atoms. The van der Waals surface area contributed by atoms with Crippen LogP contribution in [0.5, 0.6) is 0 Å². The third-order valence-corrected chi connectivity index (χ3v) is 4.29. The van der Waals surface area contributed by atoms with E-state index in [1.54, 1.807) is 6.08 Å². The number of aliphatic hydroxyl groups excluding tert-OH is 1. The molecule has 0 amide bonds. The molecule has 0 spiro atoms. The van der Waals surface area contributed by atoms with Crippen LogP contribution in [0.25, 0.3) is 0 Å². The Bertz CT molecular complexity index is 513. The Morgan fingerprint density at radius 3 is 2.15 bits per heavy atom. The molecule has 1 atom stereocenters. The van der Waals surface area contributed by atoms with E-state index in [9.17, 15) is 14.7 Å². The topological polar surface area (TPSA) is 82.1 Å². The van der Waals surface area contributed by atoms with Gasteiger partial charge in [-0.05, 0) is 49.0 Å². The maximum Gasteiger partial charge on any atom is 0.376 e. The fourth-order valence-electron chi connectivity index (χ4n) is 3.25. The summed E-state index contributed by atoms with van der Waals surface area (Å²) in [6.07, 6.45) is 4.83. The number of cyclic esters (lactones) is 1. The van der Waals surface area contributed by atoms with Gasteiger partial charge in [-0.2, -0.15) is 0 Å². The molecule has 0 aromatic carbocycles. The number of esters is 2. The van der Waals surface area contributed by atoms with Gasteiger partial charge < -0.3 is 19.3 Å². The van der Waals surface area contributed by atoms with E-state index in [0.29, 0.717) is 24.2 Å². The highest BCUT2D eigenvalue weighted by atomic mass is 16.8. The smallest absolute Gasteiger partial charge is 0.376 e. The minimum absolute atomic E-state index is 0.0847. The van der Waals surface area contributed by atoms with Crippen LogP contribution >= 0.6 is 0 Å². The summed E-state index contributed by atoms with van der Waals surface area (Å²) in [5.74, 6) is -0.852. The van der Waals surface area contributed by atoms with Crippen molar-refractivity contribution in [2.45, 2.75) is 73.0 Å². The van der Waals surface area contributed by atoms with Crippen LogP contribution in [0.4, 0.5) is 0 Å².